The van der Waals surface area contributed by atoms with Gasteiger partial charge in [-0.15, -0.1) is 0 Å². The van der Waals surface area contributed by atoms with Crippen LogP contribution in [0.5, 0.6) is 0 Å². The summed E-state index contributed by atoms with van der Waals surface area (Å²) >= 11 is 11.8. The highest BCUT2D eigenvalue weighted by molar-refractivity contribution is 6.36. The van der Waals surface area contributed by atoms with Gasteiger partial charge in [-0.05, 0) is 30.3 Å². The lowest BCUT2D eigenvalue weighted by molar-refractivity contribution is 0.112. The molecule has 0 saturated heterocycles. The van der Waals surface area contributed by atoms with Gasteiger partial charge in [0, 0.05) is 16.3 Å². The summed E-state index contributed by atoms with van der Waals surface area (Å²) in [5.41, 5.74) is 0.843. The normalized spacial score (nSPS) is 10.2. The number of hydrogen-bond acceptors (Lipinski definition) is 2. The first-order valence-electron chi connectivity index (χ1n) is 4.76. The Morgan fingerprint density at radius 1 is 1.12 bits per heavy atom. The highest BCUT2D eigenvalue weighted by Gasteiger charge is 2.06. The fraction of sp³-hybridized carbons (Fsp3) is 0. The third-order valence-electron chi connectivity index (χ3n) is 2.29. The van der Waals surface area contributed by atoms with Gasteiger partial charge >= 0.3 is 0 Å². The Morgan fingerprint density at radius 3 is 2.47 bits per heavy atom. The van der Waals surface area contributed by atoms with Crippen LogP contribution in [0.15, 0.2) is 35.1 Å². The predicted molar refractivity (Wildman–Crippen MR) is 67.9 cm³/mol. The van der Waals surface area contributed by atoms with Gasteiger partial charge in [0.1, 0.15) is 0 Å². The number of H-pyrrole nitrogens is 1. The maximum atomic E-state index is 11.5. The van der Waals surface area contributed by atoms with Crippen molar-refractivity contribution >= 4 is 29.5 Å². The number of halogens is 2. The van der Waals surface area contributed by atoms with Crippen molar-refractivity contribution in [3.63, 3.8) is 0 Å². The monoisotopic (exact) mass is 267 g/mol. The summed E-state index contributed by atoms with van der Waals surface area (Å²) in [6.45, 7) is 0. The molecule has 0 fully saturated rings. The fourth-order valence-electron chi connectivity index (χ4n) is 1.44. The SMILES string of the molecule is O=Cc1ccc(-c2ccc(Cl)cc2Cl)[nH]c1=O. The van der Waals surface area contributed by atoms with Crippen molar-refractivity contribution in [3.05, 3.63) is 56.3 Å². The van der Waals surface area contributed by atoms with Gasteiger partial charge in [-0.25, -0.2) is 0 Å². The molecule has 0 aliphatic carbocycles. The Morgan fingerprint density at radius 2 is 1.88 bits per heavy atom. The third kappa shape index (κ3) is 2.40. The molecule has 0 amide bonds. The molecule has 86 valence electrons. The fourth-order valence-corrected chi connectivity index (χ4v) is 1.95. The first kappa shape index (κ1) is 11.9. The maximum absolute atomic E-state index is 11.5. The quantitative estimate of drug-likeness (QED) is 0.850. The van der Waals surface area contributed by atoms with Crippen LogP contribution in [-0.2, 0) is 0 Å². The molecule has 3 nitrogen and oxygen atoms in total. The van der Waals surface area contributed by atoms with Crippen molar-refractivity contribution in [2.24, 2.45) is 0 Å². The van der Waals surface area contributed by atoms with Crippen LogP contribution in [0.3, 0.4) is 0 Å². The molecule has 0 saturated carbocycles. The van der Waals surface area contributed by atoms with E-state index >= 15 is 0 Å². The molecule has 0 spiro atoms. The molecule has 1 aromatic carbocycles. The van der Waals surface area contributed by atoms with E-state index in [1.54, 1.807) is 24.3 Å². The van der Waals surface area contributed by atoms with Gasteiger partial charge in [0.2, 0.25) is 0 Å². The second kappa shape index (κ2) is 4.73. The first-order chi connectivity index (χ1) is 8.11. The number of carbonyl (C=O) groups excluding carboxylic acids is 1. The van der Waals surface area contributed by atoms with Gasteiger partial charge in [-0.1, -0.05) is 23.2 Å². The largest absolute Gasteiger partial charge is 0.321 e. The second-order valence-corrected chi connectivity index (χ2v) is 4.24. The van der Waals surface area contributed by atoms with Crippen LogP contribution < -0.4 is 5.56 Å². The number of rotatable bonds is 2. The number of hydrogen-bond donors (Lipinski definition) is 1. The Labute approximate surface area is 107 Å². The number of aromatic amines is 1. The van der Waals surface area contributed by atoms with Gasteiger partial charge in [-0.3, -0.25) is 9.59 Å². The lowest BCUT2D eigenvalue weighted by atomic mass is 10.1. The van der Waals surface area contributed by atoms with Crippen molar-refractivity contribution in [2.75, 3.05) is 0 Å². The van der Waals surface area contributed by atoms with Crippen LogP contribution in [0.25, 0.3) is 11.3 Å². The second-order valence-electron chi connectivity index (χ2n) is 3.40. The van der Waals surface area contributed by atoms with E-state index in [0.29, 0.717) is 27.6 Å². The van der Waals surface area contributed by atoms with Crippen LogP contribution >= 0.6 is 23.2 Å². The van der Waals surface area contributed by atoms with E-state index in [2.05, 4.69) is 4.98 Å². The van der Waals surface area contributed by atoms with Crippen molar-refractivity contribution in [2.45, 2.75) is 0 Å². The lowest BCUT2D eigenvalue weighted by Crippen LogP contribution is -2.11. The van der Waals surface area contributed by atoms with Crippen LogP contribution in [0, 0.1) is 0 Å². The summed E-state index contributed by atoms with van der Waals surface area (Å²) in [7, 11) is 0. The highest BCUT2D eigenvalue weighted by Crippen LogP contribution is 2.28. The molecule has 1 N–H and O–H groups in total. The summed E-state index contributed by atoms with van der Waals surface area (Å²) < 4.78 is 0. The van der Waals surface area contributed by atoms with Gasteiger partial charge in [0.15, 0.2) is 6.29 Å². The zero-order chi connectivity index (χ0) is 12.4. The summed E-state index contributed by atoms with van der Waals surface area (Å²) in [6.07, 6.45) is 0.506. The van der Waals surface area contributed by atoms with Crippen LogP contribution in [0.4, 0.5) is 0 Å². The molecule has 0 aliphatic heterocycles. The highest BCUT2D eigenvalue weighted by atomic mass is 35.5. The molecule has 5 heteroatoms. The van der Waals surface area contributed by atoms with Gasteiger partial charge < -0.3 is 4.98 Å². The number of nitrogens with one attached hydrogen (secondary N) is 1. The molecule has 2 aromatic rings. The average Bonchev–Trinajstić information content (AvgIpc) is 2.29. The number of carbonyl (C=O) groups is 1. The molecular weight excluding hydrogens is 261 g/mol. The Kier molecular flexibility index (Phi) is 3.31. The molecule has 0 unspecified atom stereocenters. The van der Waals surface area contributed by atoms with Gasteiger partial charge in [-0.2, -0.15) is 0 Å². The van der Waals surface area contributed by atoms with E-state index in [1.807, 2.05) is 0 Å². The third-order valence-corrected chi connectivity index (χ3v) is 2.84. The number of benzene rings is 1. The topological polar surface area (TPSA) is 49.9 Å². The van der Waals surface area contributed by atoms with Crippen LogP contribution in [-0.4, -0.2) is 11.3 Å². The summed E-state index contributed by atoms with van der Waals surface area (Å²) in [5, 5.41) is 0.956. The molecule has 0 atom stereocenters. The number of aromatic nitrogens is 1. The molecule has 17 heavy (non-hydrogen) atoms. The van der Waals surface area contributed by atoms with Crippen molar-refractivity contribution < 1.29 is 4.79 Å². The number of aldehydes is 1. The van der Waals surface area contributed by atoms with Gasteiger partial charge in [0.05, 0.1) is 10.6 Å². The summed E-state index contributed by atoms with van der Waals surface area (Å²) in [6, 6.07) is 8.04. The van der Waals surface area contributed by atoms with E-state index in [9.17, 15) is 9.59 Å². The van der Waals surface area contributed by atoms with Crippen LogP contribution in [0.2, 0.25) is 10.0 Å². The minimum Gasteiger partial charge on any atom is -0.321 e. The Bertz CT molecular complexity index is 635. The molecule has 0 bridgehead atoms. The average molecular weight is 268 g/mol. The molecular formula is C12H7Cl2NO2. The Hall–Kier alpha value is -1.58. The van der Waals surface area contributed by atoms with Crippen molar-refractivity contribution in [1.29, 1.82) is 0 Å². The minimum atomic E-state index is -0.441. The van der Waals surface area contributed by atoms with E-state index in [-0.39, 0.29) is 5.56 Å². The van der Waals surface area contributed by atoms with Gasteiger partial charge in [0.25, 0.3) is 5.56 Å². The maximum Gasteiger partial charge on any atom is 0.258 e. The van der Waals surface area contributed by atoms with E-state index in [1.165, 1.54) is 6.07 Å². The minimum absolute atomic E-state index is 0.0823. The van der Waals surface area contributed by atoms with E-state index in [0.717, 1.165) is 0 Å². The molecule has 1 aromatic heterocycles. The predicted octanol–water partition coefficient (Wildman–Crippen LogP) is 3.16. The van der Waals surface area contributed by atoms with Crippen molar-refractivity contribution in [3.8, 4) is 11.3 Å². The molecule has 0 aliphatic rings. The van der Waals surface area contributed by atoms with E-state index < -0.39 is 5.56 Å². The van der Waals surface area contributed by atoms with E-state index in [4.69, 9.17) is 23.2 Å². The zero-order valence-corrected chi connectivity index (χ0v) is 10.0. The van der Waals surface area contributed by atoms with Crippen molar-refractivity contribution in [1.82, 2.24) is 4.98 Å². The molecule has 2 rings (SSSR count). The Balaban J connectivity index is 2.57. The summed E-state index contributed by atoms with van der Waals surface area (Å²) in [4.78, 5) is 24.6. The molecule has 0 radical (unpaired) electrons. The van der Waals surface area contributed by atoms with Crippen LogP contribution in [0.1, 0.15) is 10.4 Å². The standard InChI is InChI=1S/C12H7Cl2NO2/c13-8-2-3-9(10(14)5-8)11-4-1-7(6-16)12(17)15-11/h1-6H,(H,15,17). The molecule has 1 heterocycles. The smallest absolute Gasteiger partial charge is 0.258 e. The number of pyridine rings is 1. The first-order valence-corrected chi connectivity index (χ1v) is 5.51. The zero-order valence-electron chi connectivity index (χ0n) is 8.54. The summed E-state index contributed by atoms with van der Waals surface area (Å²) in [5.74, 6) is 0. The lowest BCUT2D eigenvalue weighted by Gasteiger charge is -2.04.